The summed E-state index contributed by atoms with van der Waals surface area (Å²) in [4.78, 5) is 24.5. The Balaban J connectivity index is 1.45. The lowest BCUT2D eigenvalue weighted by molar-refractivity contribution is -0.116. The molecule has 0 atom stereocenters. The summed E-state index contributed by atoms with van der Waals surface area (Å²) in [5.74, 6) is 0.543. The van der Waals surface area contributed by atoms with Crippen LogP contribution in [0.4, 0.5) is 17.1 Å². The van der Waals surface area contributed by atoms with Gasteiger partial charge in [0.05, 0.1) is 12.6 Å². The number of hydrogen-bond acceptors (Lipinski definition) is 4. The maximum atomic E-state index is 12.3. The Morgan fingerprint density at radius 1 is 0.781 bits per heavy atom. The molecule has 0 spiro atoms. The second-order valence-electron chi connectivity index (χ2n) is 7.71. The highest BCUT2D eigenvalue weighted by Crippen LogP contribution is 2.18. The number of nitrogens with one attached hydrogen (secondary N) is 3. The summed E-state index contributed by atoms with van der Waals surface area (Å²) in [5.41, 5.74) is 3.22. The van der Waals surface area contributed by atoms with Crippen LogP contribution in [0.1, 0.15) is 25.8 Å². The normalized spacial score (nSPS) is 10.5. The Kier molecular flexibility index (Phi) is 8.26. The van der Waals surface area contributed by atoms with Crippen LogP contribution in [0.5, 0.6) is 5.75 Å². The Hall–Kier alpha value is -3.80. The van der Waals surface area contributed by atoms with Crippen molar-refractivity contribution in [3.05, 3.63) is 84.4 Å². The maximum absolute atomic E-state index is 12.3. The summed E-state index contributed by atoms with van der Waals surface area (Å²) < 4.78 is 5.61. The van der Waals surface area contributed by atoms with E-state index in [0.717, 1.165) is 17.0 Å². The van der Waals surface area contributed by atoms with Gasteiger partial charge in [-0.2, -0.15) is 0 Å². The number of carbonyl (C=O) groups is 2. The van der Waals surface area contributed by atoms with Crippen LogP contribution >= 0.6 is 0 Å². The largest absolute Gasteiger partial charge is 0.491 e. The summed E-state index contributed by atoms with van der Waals surface area (Å²) in [6.45, 7) is 4.07. The Morgan fingerprint density at radius 3 is 2.09 bits per heavy atom. The highest BCUT2D eigenvalue weighted by Gasteiger charge is 2.07. The van der Waals surface area contributed by atoms with Gasteiger partial charge in [0.2, 0.25) is 11.8 Å². The second-order valence-corrected chi connectivity index (χ2v) is 7.71. The number of amides is 2. The maximum Gasteiger partial charge on any atom is 0.243 e. The monoisotopic (exact) mass is 431 g/mol. The molecule has 3 aromatic rings. The molecule has 0 saturated carbocycles. The van der Waals surface area contributed by atoms with Gasteiger partial charge >= 0.3 is 0 Å². The molecule has 0 fully saturated rings. The van der Waals surface area contributed by atoms with Gasteiger partial charge in [-0.25, -0.2) is 0 Å². The highest BCUT2D eigenvalue weighted by atomic mass is 16.5. The Morgan fingerprint density at radius 2 is 1.44 bits per heavy atom. The van der Waals surface area contributed by atoms with E-state index in [2.05, 4.69) is 16.0 Å². The molecule has 0 saturated heterocycles. The quantitative estimate of drug-likeness (QED) is 0.417. The van der Waals surface area contributed by atoms with E-state index in [4.69, 9.17) is 4.74 Å². The van der Waals surface area contributed by atoms with Gasteiger partial charge in [-0.15, -0.1) is 0 Å². The number of benzene rings is 3. The molecule has 3 aromatic carbocycles. The van der Waals surface area contributed by atoms with Crippen molar-refractivity contribution in [2.45, 2.75) is 32.8 Å². The predicted octanol–water partition coefficient (Wildman–Crippen LogP) is 5.10. The molecule has 0 radical (unpaired) electrons. The third kappa shape index (κ3) is 7.80. The van der Waals surface area contributed by atoms with E-state index in [-0.39, 0.29) is 24.5 Å². The van der Waals surface area contributed by atoms with Crippen LogP contribution in [0, 0.1) is 0 Å². The molecule has 2 amide bonds. The Labute approximate surface area is 189 Å². The molecule has 0 heterocycles. The molecular weight excluding hydrogens is 402 g/mol. The van der Waals surface area contributed by atoms with Gasteiger partial charge in [0.15, 0.2) is 0 Å². The zero-order valence-corrected chi connectivity index (χ0v) is 18.4. The van der Waals surface area contributed by atoms with Crippen LogP contribution in [0.2, 0.25) is 0 Å². The fourth-order valence-corrected chi connectivity index (χ4v) is 3.11. The van der Waals surface area contributed by atoms with Gasteiger partial charge in [-0.3, -0.25) is 9.59 Å². The van der Waals surface area contributed by atoms with Gasteiger partial charge in [0.25, 0.3) is 0 Å². The number of hydrogen-bond donors (Lipinski definition) is 3. The third-order valence-electron chi connectivity index (χ3n) is 4.59. The fourth-order valence-electron chi connectivity index (χ4n) is 3.11. The number of rotatable bonds is 10. The topological polar surface area (TPSA) is 79.5 Å². The number of anilines is 3. The minimum atomic E-state index is -0.180. The lowest BCUT2D eigenvalue weighted by atomic mass is 10.1. The van der Waals surface area contributed by atoms with Crippen molar-refractivity contribution in [3.8, 4) is 5.75 Å². The van der Waals surface area contributed by atoms with Crippen molar-refractivity contribution < 1.29 is 14.3 Å². The smallest absolute Gasteiger partial charge is 0.243 e. The van der Waals surface area contributed by atoms with E-state index in [0.29, 0.717) is 24.2 Å². The first-order valence-electron chi connectivity index (χ1n) is 10.7. The summed E-state index contributed by atoms with van der Waals surface area (Å²) in [6.07, 6.45) is 1.19. The van der Waals surface area contributed by atoms with Crippen molar-refractivity contribution in [1.82, 2.24) is 0 Å². The van der Waals surface area contributed by atoms with Gasteiger partial charge in [0, 0.05) is 23.5 Å². The van der Waals surface area contributed by atoms with Crippen LogP contribution in [-0.2, 0) is 16.0 Å². The van der Waals surface area contributed by atoms with Crippen LogP contribution in [0.15, 0.2) is 78.9 Å². The van der Waals surface area contributed by atoms with E-state index < -0.39 is 0 Å². The van der Waals surface area contributed by atoms with Gasteiger partial charge in [0.1, 0.15) is 5.75 Å². The van der Waals surface area contributed by atoms with Crippen LogP contribution in [-0.4, -0.2) is 24.5 Å². The molecule has 0 bridgehead atoms. The van der Waals surface area contributed by atoms with Gasteiger partial charge in [-0.05, 0) is 68.3 Å². The molecule has 0 aliphatic carbocycles. The van der Waals surface area contributed by atoms with E-state index in [1.54, 1.807) is 24.3 Å². The molecular formula is C26H29N3O3. The first-order valence-corrected chi connectivity index (χ1v) is 10.7. The van der Waals surface area contributed by atoms with E-state index in [1.165, 1.54) is 0 Å². The lowest BCUT2D eigenvalue weighted by Gasteiger charge is -2.12. The summed E-state index contributed by atoms with van der Waals surface area (Å²) >= 11 is 0. The van der Waals surface area contributed by atoms with Crippen molar-refractivity contribution in [1.29, 1.82) is 0 Å². The standard InChI is InChI=1S/C26H29N3O3/c1-19(2)32-24-14-12-21(13-15-24)27-18-26(31)29-23-10-6-9-22(17-23)28-25(30)16-11-20-7-4-3-5-8-20/h3-10,12-15,17,19,27H,11,16,18H2,1-2H3,(H,28,30)(H,29,31). The van der Waals surface area contributed by atoms with Crippen molar-refractivity contribution in [2.75, 3.05) is 22.5 Å². The van der Waals surface area contributed by atoms with Crippen molar-refractivity contribution in [2.24, 2.45) is 0 Å². The average Bonchev–Trinajstić information content (AvgIpc) is 2.78. The fraction of sp³-hybridized carbons (Fsp3) is 0.231. The van der Waals surface area contributed by atoms with Crippen molar-refractivity contribution >= 4 is 28.9 Å². The van der Waals surface area contributed by atoms with Crippen LogP contribution in [0.25, 0.3) is 0 Å². The second kappa shape index (κ2) is 11.6. The lowest BCUT2D eigenvalue weighted by Crippen LogP contribution is -2.21. The van der Waals surface area contributed by atoms with Gasteiger partial charge in [-0.1, -0.05) is 36.4 Å². The SMILES string of the molecule is CC(C)Oc1ccc(NCC(=O)Nc2cccc(NC(=O)CCc3ccccc3)c2)cc1. The molecule has 0 aliphatic heterocycles. The molecule has 6 nitrogen and oxygen atoms in total. The van der Waals surface area contributed by atoms with Crippen molar-refractivity contribution in [3.63, 3.8) is 0 Å². The summed E-state index contributed by atoms with van der Waals surface area (Å²) in [6, 6.07) is 24.5. The molecule has 32 heavy (non-hydrogen) atoms. The van der Waals surface area contributed by atoms with E-state index in [9.17, 15) is 9.59 Å². The van der Waals surface area contributed by atoms with Crippen LogP contribution < -0.4 is 20.7 Å². The first kappa shape index (κ1) is 22.9. The third-order valence-corrected chi connectivity index (χ3v) is 4.59. The minimum absolute atomic E-state index is 0.0658. The molecule has 3 N–H and O–H groups in total. The number of aryl methyl sites for hydroxylation is 1. The number of carbonyl (C=O) groups excluding carboxylic acids is 2. The van der Waals surface area contributed by atoms with Gasteiger partial charge < -0.3 is 20.7 Å². The predicted molar refractivity (Wildman–Crippen MR) is 129 cm³/mol. The van der Waals surface area contributed by atoms with Crippen LogP contribution in [0.3, 0.4) is 0 Å². The number of ether oxygens (including phenoxy) is 1. The molecule has 3 rings (SSSR count). The molecule has 0 aromatic heterocycles. The summed E-state index contributed by atoms with van der Waals surface area (Å²) in [7, 11) is 0. The Bertz CT molecular complexity index is 1020. The molecule has 6 heteroatoms. The molecule has 166 valence electrons. The molecule has 0 aliphatic rings. The first-order chi connectivity index (χ1) is 15.5. The molecule has 0 unspecified atom stereocenters. The zero-order chi connectivity index (χ0) is 22.8. The minimum Gasteiger partial charge on any atom is -0.491 e. The average molecular weight is 432 g/mol. The van der Waals surface area contributed by atoms with E-state index in [1.807, 2.05) is 68.4 Å². The highest BCUT2D eigenvalue weighted by molar-refractivity contribution is 5.95. The van der Waals surface area contributed by atoms with E-state index >= 15 is 0 Å². The zero-order valence-electron chi connectivity index (χ0n) is 18.4. The summed E-state index contributed by atoms with van der Waals surface area (Å²) in [5, 5.41) is 8.82.